The summed E-state index contributed by atoms with van der Waals surface area (Å²) in [5.41, 5.74) is 13.0. The van der Waals surface area contributed by atoms with Crippen LogP contribution in [0.5, 0.6) is 0 Å². The second-order valence-electron chi connectivity index (χ2n) is 11.7. The van der Waals surface area contributed by atoms with Crippen molar-refractivity contribution >= 4 is 17.1 Å². The summed E-state index contributed by atoms with van der Waals surface area (Å²) >= 11 is 0. The average Bonchev–Trinajstić information content (AvgIpc) is 3.20. The van der Waals surface area contributed by atoms with Crippen LogP contribution in [0.15, 0.2) is 188 Å². The van der Waals surface area contributed by atoms with Crippen molar-refractivity contribution in [3.8, 4) is 55.9 Å². The number of rotatable bonds is 8. The Labute approximate surface area is 307 Å². The summed E-state index contributed by atoms with van der Waals surface area (Å²) < 4.78 is 0. The standard InChI is InChI=1S/C46H31N3.Pt/c1-4-14-34(15-5-1)37-22-24-42(25-23-37)49(43-30-38(35-16-6-2-7-17-35)28-40(32-43)45-20-10-12-26-47-45)44-31-39(36-18-8-3-9-19-36)29-41(33-44)46-21-11-13-27-48-46;/h1-31H;/q-2;+2. The van der Waals surface area contributed by atoms with Gasteiger partial charge >= 0.3 is 21.1 Å². The third-order valence-corrected chi connectivity index (χ3v) is 8.52. The molecule has 2 aromatic heterocycles. The maximum absolute atomic E-state index is 4.72. The summed E-state index contributed by atoms with van der Waals surface area (Å²) in [6.45, 7) is 0. The maximum Gasteiger partial charge on any atom is 2.00 e. The van der Waals surface area contributed by atoms with Gasteiger partial charge in [0.05, 0.1) is 0 Å². The van der Waals surface area contributed by atoms with Crippen LogP contribution in [0.1, 0.15) is 0 Å². The molecule has 0 spiro atoms. The third kappa shape index (κ3) is 7.10. The Kier molecular flexibility index (Phi) is 9.87. The molecule has 0 aliphatic rings. The Balaban J connectivity index is 0.00000392. The fraction of sp³-hybridized carbons (Fsp3) is 0. The van der Waals surface area contributed by atoms with Crippen molar-refractivity contribution < 1.29 is 21.1 Å². The van der Waals surface area contributed by atoms with Gasteiger partial charge in [0.25, 0.3) is 0 Å². The molecule has 0 unspecified atom stereocenters. The van der Waals surface area contributed by atoms with Gasteiger partial charge < -0.3 is 14.9 Å². The molecular weight excluding hydrogens is 790 g/mol. The molecule has 6 aromatic carbocycles. The van der Waals surface area contributed by atoms with Gasteiger partial charge in [-0.05, 0) is 69.3 Å². The number of anilines is 3. The topological polar surface area (TPSA) is 29.0 Å². The van der Waals surface area contributed by atoms with E-state index in [4.69, 9.17) is 9.97 Å². The number of pyridine rings is 2. The number of benzene rings is 6. The molecule has 0 saturated heterocycles. The molecule has 0 fully saturated rings. The summed E-state index contributed by atoms with van der Waals surface area (Å²) in [5, 5.41) is 0. The molecule has 0 bridgehead atoms. The molecule has 0 atom stereocenters. The van der Waals surface area contributed by atoms with Crippen LogP contribution < -0.4 is 4.90 Å². The first-order chi connectivity index (χ1) is 24.3. The average molecular weight is 821 g/mol. The van der Waals surface area contributed by atoms with Gasteiger partial charge in [0.1, 0.15) is 0 Å². The van der Waals surface area contributed by atoms with Crippen LogP contribution in [-0.4, -0.2) is 9.97 Å². The molecule has 0 aliphatic heterocycles. The quantitative estimate of drug-likeness (QED) is 0.143. The van der Waals surface area contributed by atoms with Gasteiger partial charge in [-0.25, -0.2) is 0 Å². The zero-order chi connectivity index (χ0) is 32.8. The smallest absolute Gasteiger partial charge is 0.346 e. The number of hydrogen-bond donors (Lipinski definition) is 0. The normalized spacial score (nSPS) is 10.6. The molecule has 0 radical (unpaired) electrons. The largest absolute Gasteiger partial charge is 2.00 e. The zero-order valence-electron chi connectivity index (χ0n) is 27.1. The molecule has 8 aromatic rings. The molecule has 0 saturated carbocycles. The van der Waals surface area contributed by atoms with E-state index in [1.165, 1.54) is 5.56 Å². The van der Waals surface area contributed by atoms with Gasteiger partial charge in [-0.15, -0.1) is 47.5 Å². The molecule has 240 valence electrons. The SMILES string of the molecule is [Pt+2].[c-]1c(-c2ccccn2)cc(-c2ccccc2)cc1N(c1[c-]c(-c2ccccn2)cc(-c2ccccc2)c1)c1ccc(-c2ccccc2)cc1. The predicted octanol–water partition coefficient (Wildman–Crippen LogP) is 11.9. The fourth-order valence-electron chi connectivity index (χ4n) is 6.11. The summed E-state index contributed by atoms with van der Waals surface area (Å²) in [6, 6.07) is 68.4. The Morgan fingerprint density at radius 3 is 1.14 bits per heavy atom. The molecule has 4 heteroatoms. The van der Waals surface area contributed by atoms with E-state index in [1.54, 1.807) is 0 Å². The third-order valence-electron chi connectivity index (χ3n) is 8.52. The minimum absolute atomic E-state index is 0. The first-order valence-electron chi connectivity index (χ1n) is 16.3. The molecule has 0 amide bonds. The van der Waals surface area contributed by atoms with Crippen LogP contribution in [-0.2, 0) is 21.1 Å². The molecule has 2 heterocycles. The fourth-order valence-corrected chi connectivity index (χ4v) is 6.11. The maximum atomic E-state index is 4.72. The predicted molar refractivity (Wildman–Crippen MR) is 202 cm³/mol. The van der Waals surface area contributed by atoms with E-state index >= 15 is 0 Å². The van der Waals surface area contributed by atoms with Gasteiger partial charge in [0.15, 0.2) is 0 Å². The zero-order valence-corrected chi connectivity index (χ0v) is 29.3. The van der Waals surface area contributed by atoms with E-state index in [0.717, 1.165) is 67.4 Å². The number of hydrogen-bond acceptors (Lipinski definition) is 3. The van der Waals surface area contributed by atoms with Crippen LogP contribution in [0.3, 0.4) is 0 Å². The molecule has 50 heavy (non-hydrogen) atoms. The van der Waals surface area contributed by atoms with Gasteiger partial charge in [-0.2, -0.15) is 0 Å². The second-order valence-corrected chi connectivity index (χ2v) is 11.7. The Bertz CT molecular complexity index is 2050. The van der Waals surface area contributed by atoms with E-state index in [1.807, 2.05) is 67.0 Å². The molecule has 8 rings (SSSR count). The van der Waals surface area contributed by atoms with Crippen molar-refractivity contribution in [2.45, 2.75) is 0 Å². The van der Waals surface area contributed by atoms with Crippen molar-refractivity contribution in [3.05, 3.63) is 200 Å². The van der Waals surface area contributed by atoms with E-state index < -0.39 is 0 Å². The summed E-state index contributed by atoms with van der Waals surface area (Å²) in [4.78, 5) is 11.7. The van der Waals surface area contributed by atoms with Crippen LogP contribution in [0.2, 0.25) is 0 Å². The van der Waals surface area contributed by atoms with E-state index in [-0.39, 0.29) is 21.1 Å². The summed E-state index contributed by atoms with van der Waals surface area (Å²) in [5.74, 6) is 0. The van der Waals surface area contributed by atoms with E-state index in [0.29, 0.717) is 0 Å². The van der Waals surface area contributed by atoms with Gasteiger partial charge in [-0.1, -0.05) is 139 Å². The van der Waals surface area contributed by atoms with Crippen LogP contribution in [0.25, 0.3) is 55.9 Å². The minimum atomic E-state index is 0. The van der Waals surface area contributed by atoms with Crippen LogP contribution >= 0.6 is 0 Å². The van der Waals surface area contributed by atoms with Crippen molar-refractivity contribution in [1.29, 1.82) is 0 Å². The van der Waals surface area contributed by atoms with Crippen LogP contribution in [0, 0.1) is 12.1 Å². The van der Waals surface area contributed by atoms with Gasteiger partial charge in [0, 0.05) is 18.1 Å². The van der Waals surface area contributed by atoms with Crippen molar-refractivity contribution in [3.63, 3.8) is 0 Å². The summed E-state index contributed by atoms with van der Waals surface area (Å²) in [7, 11) is 0. The first kappa shape index (κ1) is 32.6. The Hall–Kier alpha value is -5.89. The van der Waals surface area contributed by atoms with Gasteiger partial charge in [0.2, 0.25) is 0 Å². The molecule has 0 aliphatic carbocycles. The Morgan fingerprint density at radius 2 is 0.740 bits per heavy atom. The minimum Gasteiger partial charge on any atom is -0.346 e. The second kappa shape index (κ2) is 15.1. The van der Waals surface area contributed by atoms with Crippen LogP contribution in [0.4, 0.5) is 17.1 Å². The first-order valence-corrected chi connectivity index (χ1v) is 16.3. The van der Waals surface area contributed by atoms with Gasteiger partial charge in [-0.3, -0.25) is 0 Å². The molecular formula is C46H31N3Pt. The van der Waals surface area contributed by atoms with Crippen molar-refractivity contribution in [2.75, 3.05) is 4.90 Å². The number of aromatic nitrogens is 2. The van der Waals surface area contributed by atoms with Crippen molar-refractivity contribution in [2.24, 2.45) is 0 Å². The molecule has 3 nitrogen and oxygen atoms in total. The number of nitrogens with zero attached hydrogens (tertiary/aromatic N) is 3. The van der Waals surface area contributed by atoms with E-state index in [2.05, 4.69) is 138 Å². The Morgan fingerprint density at radius 1 is 0.360 bits per heavy atom. The monoisotopic (exact) mass is 820 g/mol. The van der Waals surface area contributed by atoms with E-state index in [9.17, 15) is 0 Å². The van der Waals surface area contributed by atoms with Crippen molar-refractivity contribution in [1.82, 2.24) is 9.97 Å². The summed E-state index contributed by atoms with van der Waals surface area (Å²) in [6.07, 6.45) is 3.66. The molecule has 0 N–H and O–H groups in total.